The van der Waals surface area contributed by atoms with Gasteiger partial charge in [0.25, 0.3) is 0 Å². The molecule has 0 bridgehead atoms. The molecule has 1 unspecified atom stereocenters. The van der Waals surface area contributed by atoms with Crippen LogP contribution in [-0.4, -0.2) is 19.6 Å². The van der Waals surface area contributed by atoms with Crippen LogP contribution in [0.5, 0.6) is 0 Å². The van der Waals surface area contributed by atoms with Gasteiger partial charge in [0.2, 0.25) is 0 Å². The highest BCUT2D eigenvalue weighted by Crippen LogP contribution is 2.24. The van der Waals surface area contributed by atoms with Gasteiger partial charge in [0, 0.05) is 10.0 Å². The third kappa shape index (κ3) is 3.37. The van der Waals surface area contributed by atoms with E-state index in [9.17, 15) is 4.79 Å². The summed E-state index contributed by atoms with van der Waals surface area (Å²) in [5, 5.41) is 4.00. The molecule has 1 aromatic rings. The fraction of sp³-hybridized carbons (Fsp3) is 0.364. The Balaban J connectivity index is 3.04. The van der Waals surface area contributed by atoms with Crippen molar-refractivity contribution in [3.8, 4) is 0 Å². The molecular weight excluding hydrogens is 249 g/mol. The molecule has 0 aliphatic heterocycles. The summed E-state index contributed by atoms with van der Waals surface area (Å²) < 4.78 is 4.71. The number of halogens is 2. The minimum Gasteiger partial charge on any atom is -0.468 e. The molecule has 0 spiro atoms. The summed E-state index contributed by atoms with van der Waals surface area (Å²) in [6.45, 7) is 2.55. The summed E-state index contributed by atoms with van der Waals surface area (Å²) in [5.41, 5.74) is 0.700. The Morgan fingerprint density at radius 3 is 2.38 bits per heavy atom. The summed E-state index contributed by atoms with van der Waals surface area (Å²) >= 11 is 11.8. The zero-order chi connectivity index (χ0) is 12.1. The molecule has 1 N–H and O–H groups in total. The molecule has 0 radical (unpaired) electrons. The van der Waals surface area contributed by atoms with E-state index in [0.29, 0.717) is 22.2 Å². The number of nitrogens with one attached hydrogen (secondary N) is 1. The number of benzene rings is 1. The first-order chi connectivity index (χ1) is 7.58. The van der Waals surface area contributed by atoms with E-state index in [4.69, 9.17) is 27.9 Å². The Labute approximate surface area is 105 Å². The first-order valence-electron chi connectivity index (χ1n) is 4.85. The second kappa shape index (κ2) is 6.09. The molecule has 3 nitrogen and oxygen atoms in total. The van der Waals surface area contributed by atoms with Gasteiger partial charge in [-0.25, -0.2) is 4.79 Å². The normalized spacial score (nSPS) is 12.2. The fourth-order valence-corrected chi connectivity index (χ4v) is 1.94. The third-order valence-electron chi connectivity index (χ3n) is 2.06. The lowest BCUT2D eigenvalue weighted by molar-refractivity contribution is -0.143. The third-order valence-corrected chi connectivity index (χ3v) is 2.50. The molecule has 0 heterocycles. The number of hydrogen-bond donors (Lipinski definition) is 1. The van der Waals surface area contributed by atoms with E-state index < -0.39 is 6.04 Å². The number of carbonyl (C=O) groups is 1. The first-order valence-corrected chi connectivity index (χ1v) is 5.61. The van der Waals surface area contributed by atoms with E-state index in [1.807, 2.05) is 6.92 Å². The van der Waals surface area contributed by atoms with Gasteiger partial charge < -0.3 is 10.1 Å². The molecule has 0 fully saturated rings. The highest BCUT2D eigenvalue weighted by atomic mass is 35.5. The smallest absolute Gasteiger partial charge is 0.327 e. The quantitative estimate of drug-likeness (QED) is 0.848. The van der Waals surface area contributed by atoms with E-state index in [2.05, 4.69) is 5.32 Å². The Bertz CT molecular complexity index is 362. The van der Waals surface area contributed by atoms with Crippen molar-refractivity contribution in [1.82, 2.24) is 5.32 Å². The van der Waals surface area contributed by atoms with Gasteiger partial charge >= 0.3 is 5.97 Å². The number of methoxy groups -OCH3 is 1. The highest BCUT2D eigenvalue weighted by Gasteiger charge is 2.20. The first kappa shape index (κ1) is 13.3. The molecule has 1 rings (SSSR count). The molecule has 0 aliphatic rings. The van der Waals surface area contributed by atoms with Crippen LogP contribution in [-0.2, 0) is 9.53 Å². The molecule has 0 saturated carbocycles. The van der Waals surface area contributed by atoms with Crippen LogP contribution < -0.4 is 5.32 Å². The van der Waals surface area contributed by atoms with Crippen LogP contribution in [0.1, 0.15) is 18.5 Å². The van der Waals surface area contributed by atoms with Crippen LogP contribution in [0.2, 0.25) is 10.0 Å². The summed E-state index contributed by atoms with van der Waals surface area (Å²) in [6.07, 6.45) is 0. The Morgan fingerprint density at radius 1 is 1.38 bits per heavy atom. The van der Waals surface area contributed by atoms with E-state index in [1.165, 1.54) is 7.11 Å². The monoisotopic (exact) mass is 261 g/mol. The second-order valence-corrected chi connectivity index (χ2v) is 4.09. The van der Waals surface area contributed by atoms with Crippen molar-refractivity contribution in [3.63, 3.8) is 0 Å². The van der Waals surface area contributed by atoms with Gasteiger partial charge in [0.05, 0.1) is 7.11 Å². The molecule has 0 aromatic heterocycles. The Hall–Kier alpha value is -0.770. The summed E-state index contributed by atoms with van der Waals surface area (Å²) in [5.74, 6) is -0.361. The fourth-order valence-electron chi connectivity index (χ4n) is 1.40. The van der Waals surface area contributed by atoms with Crippen molar-refractivity contribution in [2.75, 3.05) is 13.7 Å². The lowest BCUT2D eigenvalue weighted by Gasteiger charge is -2.16. The van der Waals surface area contributed by atoms with Gasteiger partial charge in [-0.05, 0) is 30.3 Å². The minimum atomic E-state index is -0.536. The van der Waals surface area contributed by atoms with Gasteiger partial charge in [-0.15, -0.1) is 0 Å². The average Bonchev–Trinajstić information content (AvgIpc) is 2.23. The molecule has 5 heteroatoms. The number of hydrogen-bond acceptors (Lipinski definition) is 3. The molecule has 1 aromatic carbocycles. The summed E-state index contributed by atoms with van der Waals surface area (Å²) in [6, 6.07) is 4.47. The van der Waals surface area contributed by atoms with Crippen molar-refractivity contribution >= 4 is 29.2 Å². The summed E-state index contributed by atoms with van der Waals surface area (Å²) in [4.78, 5) is 11.6. The summed E-state index contributed by atoms with van der Waals surface area (Å²) in [7, 11) is 1.35. The molecule has 0 saturated heterocycles. The number of rotatable bonds is 4. The van der Waals surface area contributed by atoms with Gasteiger partial charge in [-0.1, -0.05) is 30.1 Å². The molecule has 88 valence electrons. The van der Waals surface area contributed by atoms with E-state index in [1.54, 1.807) is 18.2 Å². The van der Waals surface area contributed by atoms with Crippen molar-refractivity contribution in [2.45, 2.75) is 13.0 Å². The van der Waals surface area contributed by atoms with Crippen LogP contribution in [0, 0.1) is 0 Å². The zero-order valence-electron chi connectivity index (χ0n) is 9.09. The van der Waals surface area contributed by atoms with Crippen molar-refractivity contribution in [3.05, 3.63) is 33.8 Å². The van der Waals surface area contributed by atoms with E-state index >= 15 is 0 Å². The number of esters is 1. The SMILES string of the molecule is CCNC(C(=O)OC)c1cc(Cl)cc(Cl)c1. The maximum Gasteiger partial charge on any atom is 0.327 e. The topological polar surface area (TPSA) is 38.3 Å². The standard InChI is InChI=1S/C11H13Cl2NO2/c1-3-14-10(11(15)16-2)7-4-8(12)6-9(13)5-7/h4-6,10,14H,3H2,1-2H3. The van der Waals surface area contributed by atoms with Gasteiger partial charge in [-0.2, -0.15) is 0 Å². The van der Waals surface area contributed by atoms with E-state index in [0.717, 1.165) is 0 Å². The maximum atomic E-state index is 11.6. The molecule has 1 atom stereocenters. The zero-order valence-corrected chi connectivity index (χ0v) is 10.6. The number of carbonyl (C=O) groups excluding carboxylic acids is 1. The molecule has 0 aliphatic carbocycles. The molecule has 16 heavy (non-hydrogen) atoms. The Morgan fingerprint density at radius 2 is 1.94 bits per heavy atom. The van der Waals surface area contributed by atoms with Crippen molar-refractivity contribution in [2.24, 2.45) is 0 Å². The van der Waals surface area contributed by atoms with Crippen molar-refractivity contribution in [1.29, 1.82) is 0 Å². The average molecular weight is 262 g/mol. The van der Waals surface area contributed by atoms with Crippen LogP contribution in [0.25, 0.3) is 0 Å². The van der Waals surface area contributed by atoms with Crippen LogP contribution >= 0.6 is 23.2 Å². The Kier molecular flexibility index (Phi) is 5.06. The predicted octanol–water partition coefficient (Wildman–Crippen LogP) is 2.82. The maximum absolute atomic E-state index is 11.6. The molecule has 0 amide bonds. The van der Waals surface area contributed by atoms with Crippen LogP contribution in [0.3, 0.4) is 0 Å². The number of likely N-dealkylation sites (N-methyl/N-ethyl adjacent to an activating group) is 1. The van der Waals surface area contributed by atoms with Gasteiger partial charge in [0.15, 0.2) is 0 Å². The van der Waals surface area contributed by atoms with Crippen LogP contribution in [0.15, 0.2) is 18.2 Å². The van der Waals surface area contributed by atoms with E-state index in [-0.39, 0.29) is 5.97 Å². The lowest BCUT2D eigenvalue weighted by Crippen LogP contribution is -2.29. The highest BCUT2D eigenvalue weighted by molar-refractivity contribution is 6.34. The van der Waals surface area contributed by atoms with Crippen LogP contribution in [0.4, 0.5) is 0 Å². The van der Waals surface area contributed by atoms with Crippen molar-refractivity contribution < 1.29 is 9.53 Å². The van der Waals surface area contributed by atoms with Gasteiger partial charge in [0.1, 0.15) is 6.04 Å². The second-order valence-electron chi connectivity index (χ2n) is 3.22. The minimum absolute atomic E-state index is 0.361. The lowest BCUT2D eigenvalue weighted by atomic mass is 10.1. The molecular formula is C11H13Cl2NO2. The number of ether oxygens (including phenoxy) is 1. The largest absolute Gasteiger partial charge is 0.468 e. The van der Waals surface area contributed by atoms with Gasteiger partial charge in [-0.3, -0.25) is 0 Å². The predicted molar refractivity (Wildman–Crippen MR) is 64.9 cm³/mol.